The zero-order valence-corrected chi connectivity index (χ0v) is 16.0. The average molecular weight is 375 g/mol. The van der Waals surface area contributed by atoms with Gasteiger partial charge in [-0.25, -0.2) is 9.67 Å². The molecule has 4 rings (SSSR count). The lowest BCUT2D eigenvalue weighted by Crippen LogP contribution is -2.18. The van der Waals surface area contributed by atoms with Crippen molar-refractivity contribution in [3.8, 4) is 5.69 Å². The number of hydrogen-bond acceptors (Lipinski definition) is 4. The van der Waals surface area contributed by atoms with Crippen molar-refractivity contribution < 1.29 is 9.59 Å². The van der Waals surface area contributed by atoms with Gasteiger partial charge < -0.3 is 10.6 Å². The highest BCUT2D eigenvalue weighted by atomic mass is 16.2. The Labute approximate surface area is 162 Å². The molecule has 7 heteroatoms. The van der Waals surface area contributed by atoms with Gasteiger partial charge in [-0.3, -0.25) is 9.59 Å². The summed E-state index contributed by atoms with van der Waals surface area (Å²) < 4.78 is 1.69. The molecule has 0 radical (unpaired) electrons. The first kappa shape index (κ1) is 17.9. The van der Waals surface area contributed by atoms with Crippen LogP contribution in [-0.4, -0.2) is 26.6 Å². The predicted octanol–water partition coefficient (Wildman–Crippen LogP) is 3.19. The highest BCUT2D eigenvalue weighted by molar-refractivity contribution is 6.09. The minimum Gasteiger partial charge on any atom is -0.348 e. The lowest BCUT2D eigenvalue weighted by atomic mass is 10.0. The Morgan fingerprint density at radius 1 is 1.18 bits per heavy atom. The van der Waals surface area contributed by atoms with Crippen molar-refractivity contribution in [3.05, 3.63) is 70.8 Å². The van der Waals surface area contributed by atoms with Crippen LogP contribution in [0.25, 0.3) is 5.69 Å². The number of carbonyl (C=O) groups excluding carboxylic acids is 2. The molecule has 2 aromatic carbocycles. The number of rotatable bonds is 4. The van der Waals surface area contributed by atoms with Crippen LogP contribution >= 0.6 is 0 Å². The van der Waals surface area contributed by atoms with Crippen LogP contribution in [0, 0.1) is 6.92 Å². The van der Waals surface area contributed by atoms with Crippen LogP contribution in [0.5, 0.6) is 0 Å². The highest BCUT2D eigenvalue weighted by Gasteiger charge is 2.24. The summed E-state index contributed by atoms with van der Waals surface area (Å²) in [6.07, 6.45) is 0. The number of nitrogens with zero attached hydrogens (tertiary/aromatic N) is 3. The van der Waals surface area contributed by atoms with Crippen LogP contribution in [0.4, 0.5) is 5.69 Å². The van der Waals surface area contributed by atoms with Gasteiger partial charge in [0.1, 0.15) is 5.82 Å². The molecule has 142 valence electrons. The molecule has 0 fully saturated rings. The molecule has 0 aliphatic carbocycles. The lowest BCUT2D eigenvalue weighted by Gasteiger charge is -2.12. The Kier molecular flexibility index (Phi) is 4.43. The normalized spacial score (nSPS) is 12.8. The SMILES string of the molecule is Cc1nc(C(=O)Nc2cccc3c2C(=O)NC3)nn1-c1ccccc1C(C)C. The zero-order chi connectivity index (χ0) is 19.8. The van der Waals surface area contributed by atoms with Gasteiger partial charge in [-0.1, -0.05) is 44.2 Å². The quantitative estimate of drug-likeness (QED) is 0.733. The van der Waals surface area contributed by atoms with Gasteiger partial charge in [0.15, 0.2) is 0 Å². The second-order valence-corrected chi connectivity index (χ2v) is 7.08. The van der Waals surface area contributed by atoms with Gasteiger partial charge in [0.05, 0.1) is 16.9 Å². The van der Waals surface area contributed by atoms with Crippen molar-refractivity contribution in [2.45, 2.75) is 33.2 Å². The molecule has 2 heterocycles. The van der Waals surface area contributed by atoms with Crippen LogP contribution in [0.1, 0.15) is 57.7 Å². The number of para-hydroxylation sites is 1. The Morgan fingerprint density at radius 3 is 2.75 bits per heavy atom. The van der Waals surface area contributed by atoms with E-state index in [-0.39, 0.29) is 11.7 Å². The minimum absolute atomic E-state index is 0.0621. The molecule has 1 aliphatic heterocycles. The fourth-order valence-corrected chi connectivity index (χ4v) is 3.44. The van der Waals surface area contributed by atoms with E-state index in [1.807, 2.05) is 43.3 Å². The van der Waals surface area contributed by atoms with E-state index in [0.29, 0.717) is 29.5 Å². The van der Waals surface area contributed by atoms with Crippen molar-refractivity contribution in [3.63, 3.8) is 0 Å². The van der Waals surface area contributed by atoms with Crippen molar-refractivity contribution in [1.82, 2.24) is 20.1 Å². The molecule has 3 aromatic rings. The number of anilines is 1. The van der Waals surface area contributed by atoms with E-state index in [2.05, 4.69) is 34.6 Å². The molecular formula is C21H21N5O2. The van der Waals surface area contributed by atoms with Crippen LogP contribution in [0.2, 0.25) is 0 Å². The smallest absolute Gasteiger partial charge is 0.295 e. The summed E-state index contributed by atoms with van der Waals surface area (Å²) in [7, 11) is 0. The molecule has 2 N–H and O–H groups in total. The van der Waals surface area contributed by atoms with Gasteiger partial charge in [-0.2, -0.15) is 0 Å². The Bertz CT molecular complexity index is 1080. The fraction of sp³-hybridized carbons (Fsp3) is 0.238. The van der Waals surface area contributed by atoms with Crippen LogP contribution in [-0.2, 0) is 6.54 Å². The van der Waals surface area contributed by atoms with Gasteiger partial charge in [-0.15, -0.1) is 5.10 Å². The average Bonchev–Trinajstić information content (AvgIpc) is 3.25. The van der Waals surface area contributed by atoms with E-state index < -0.39 is 5.91 Å². The van der Waals surface area contributed by atoms with E-state index in [0.717, 1.165) is 16.8 Å². The van der Waals surface area contributed by atoms with Crippen molar-refractivity contribution >= 4 is 17.5 Å². The number of aromatic nitrogens is 3. The minimum atomic E-state index is -0.447. The molecule has 0 spiro atoms. The van der Waals surface area contributed by atoms with Crippen LogP contribution < -0.4 is 10.6 Å². The summed E-state index contributed by atoms with van der Waals surface area (Å²) in [5.41, 5.74) is 3.86. The number of fused-ring (bicyclic) bond motifs is 1. The van der Waals surface area contributed by atoms with Crippen LogP contribution in [0.3, 0.4) is 0 Å². The van der Waals surface area contributed by atoms with Crippen molar-refractivity contribution in [2.24, 2.45) is 0 Å². The third-order valence-corrected chi connectivity index (χ3v) is 4.82. The number of nitrogens with one attached hydrogen (secondary N) is 2. The lowest BCUT2D eigenvalue weighted by molar-refractivity contribution is 0.0966. The van der Waals surface area contributed by atoms with Gasteiger partial charge in [-0.05, 0) is 36.1 Å². The monoisotopic (exact) mass is 375 g/mol. The van der Waals surface area contributed by atoms with Gasteiger partial charge >= 0.3 is 0 Å². The maximum Gasteiger partial charge on any atom is 0.295 e. The molecule has 0 saturated carbocycles. The maximum absolute atomic E-state index is 12.8. The molecule has 0 saturated heterocycles. The highest BCUT2D eigenvalue weighted by Crippen LogP contribution is 2.25. The van der Waals surface area contributed by atoms with E-state index in [1.54, 1.807) is 10.7 Å². The number of carbonyl (C=O) groups is 2. The van der Waals surface area contributed by atoms with Gasteiger partial charge in [0.25, 0.3) is 11.8 Å². The van der Waals surface area contributed by atoms with Crippen molar-refractivity contribution in [2.75, 3.05) is 5.32 Å². The third-order valence-electron chi connectivity index (χ3n) is 4.82. The van der Waals surface area contributed by atoms with E-state index in [4.69, 9.17) is 0 Å². The summed E-state index contributed by atoms with van der Waals surface area (Å²) in [5, 5.41) is 9.97. The molecule has 2 amide bonds. The van der Waals surface area contributed by atoms with Crippen molar-refractivity contribution in [1.29, 1.82) is 0 Å². The largest absolute Gasteiger partial charge is 0.348 e. The second-order valence-electron chi connectivity index (χ2n) is 7.08. The second kappa shape index (κ2) is 6.92. The topological polar surface area (TPSA) is 88.9 Å². The summed E-state index contributed by atoms with van der Waals surface area (Å²) >= 11 is 0. The molecule has 1 aliphatic rings. The number of benzene rings is 2. The molecule has 0 bridgehead atoms. The summed E-state index contributed by atoms with van der Waals surface area (Å²) in [6, 6.07) is 13.3. The Balaban J connectivity index is 1.66. The zero-order valence-electron chi connectivity index (χ0n) is 16.0. The van der Waals surface area contributed by atoms with Crippen LogP contribution in [0.15, 0.2) is 42.5 Å². The summed E-state index contributed by atoms with van der Waals surface area (Å²) in [5.74, 6) is 0.354. The maximum atomic E-state index is 12.8. The standard InChI is InChI=1S/C21H21N5O2/c1-12(2)15-8-4-5-10-17(15)26-13(3)23-19(25-26)21(28)24-16-9-6-7-14-11-22-20(27)18(14)16/h4-10,12H,11H2,1-3H3,(H,22,27)(H,24,28). The molecule has 7 nitrogen and oxygen atoms in total. The van der Waals surface area contributed by atoms with Gasteiger partial charge in [0.2, 0.25) is 5.82 Å². The van der Waals surface area contributed by atoms with E-state index in [1.165, 1.54) is 0 Å². The first-order valence-corrected chi connectivity index (χ1v) is 9.20. The summed E-state index contributed by atoms with van der Waals surface area (Å²) in [6.45, 7) is 6.50. The Morgan fingerprint density at radius 2 is 1.96 bits per heavy atom. The van der Waals surface area contributed by atoms with Gasteiger partial charge in [0, 0.05) is 6.54 Å². The molecule has 0 atom stereocenters. The summed E-state index contributed by atoms with van der Waals surface area (Å²) in [4.78, 5) is 29.1. The predicted molar refractivity (Wildman–Crippen MR) is 106 cm³/mol. The molecule has 28 heavy (non-hydrogen) atoms. The number of amides is 2. The number of hydrogen-bond donors (Lipinski definition) is 2. The molecular weight excluding hydrogens is 354 g/mol. The number of aryl methyl sites for hydroxylation is 1. The molecule has 0 unspecified atom stereocenters. The van der Waals surface area contributed by atoms with E-state index in [9.17, 15) is 9.59 Å². The first-order chi connectivity index (χ1) is 13.5. The third kappa shape index (κ3) is 3.05. The first-order valence-electron chi connectivity index (χ1n) is 9.20. The Hall–Kier alpha value is -3.48. The fourth-order valence-electron chi connectivity index (χ4n) is 3.44. The molecule has 1 aromatic heterocycles. The van der Waals surface area contributed by atoms with E-state index >= 15 is 0 Å².